The molecule has 7 heteroatoms. The Bertz CT molecular complexity index is 906. The summed E-state index contributed by atoms with van der Waals surface area (Å²) in [6.45, 7) is 8.92. The topological polar surface area (TPSA) is 60.9 Å². The summed E-state index contributed by atoms with van der Waals surface area (Å²) in [6, 6.07) is 15.8. The number of hydrogen-bond donors (Lipinski definition) is 0. The number of hydrogen-bond acceptors (Lipinski definition) is 4. The van der Waals surface area contributed by atoms with Crippen molar-refractivity contribution in [3.05, 3.63) is 65.7 Å². The van der Waals surface area contributed by atoms with Crippen molar-refractivity contribution < 1.29 is 13.2 Å². The summed E-state index contributed by atoms with van der Waals surface area (Å²) < 4.78 is 27.2. The van der Waals surface area contributed by atoms with Crippen LogP contribution in [0.1, 0.15) is 29.8 Å². The molecule has 0 bridgehead atoms. The summed E-state index contributed by atoms with van der Waals surface area (Å²) in [5, 5.41) is 0. The molecule has 0 aliphatic carbocycles. The zero-order valence-corrected chi connectivity index (χ0v) is 17.9. The maximum Gasteiger partial charge on any atom is 0.253 e. The van der Waals surface area contributed by atoms with Gasteiger partial charge < -0.3 is 9.80 Å². The van der Waals surface area contributed by atoms with Crippen molar-refractivity contribution in [1.29, 1.82) is 0 Å². The van der Waals surface area contributed by atoms with Gasteiger partial charge in [0.05, 0.1) is 4.90 Å². The van der Waals surface area contributed by atoms with Crippen LogP contribution in [0.25, 0.3) is 0 Å². The molecule has 0 aromatic heterocycles. The maximum atomic E-state index is 12.9. The van der Waals surface area contributed by atoms with Crippen LogP contribution in [-0.4, -0.2) is 67.7 Å². The first kappa shape index (κ1) is 21.5. The van der Waals surface area contributed by atoms with E-state index in [0.29, 0.717) is 17.0 Å². The van der Waals surface area contributed by atoms with E-state index in [1.165, 1.54) is 4.31 Å². The highest BCUT2D eigenvalue weighted by Crippen LogP contribution is 2.19. The summed E-state index contributed by atoms with van der Waals surface area (Å²) in [5.41, 5.74) is 1.51. The molecule has 1 fully saturated rings. The van der Waals surface area contributed by atoms with Crippen LogP contribution < -0.4 is 0 Å². The molecule has 156 valence electrons. The lowest BCUT2D eigenvalue weighted by Crippen LogP contribution is -2.48. The predicted molar refractivity (Wildman–Crippen MR) is 114 cm³/mol. The molecule has 2 aromatic carbocycles. The van der Waals surface area contributed by atoms with Crippen LogP contribution in [0.5, 0.6) is 0 Å². The van der Waals surface area contributed by atoms with Crippen molar-refractivity contribution in [3.63, 3.8) is 0 Å². The van der Waals surface area contributed by atoms with E-state index in [2.05, 4.69) is 11.8 Å². The van der Waals surface area contributed by atoms with Crippen molar-refractivity contribution in [2.75, 3.05) is 39.3 Å². The van der Waals surface area contributed by atoms with Gasteiger partial charge in [-0.1, -0.05) is 44.2 Å². The van der Waals surface area contributed by atoms with Gasteiger partial charge in [0, 0.05) is 44.8 Å². The second-order valence-electron chi connectivity index (χ2n) is 7.17. The van der Waals surface area contributed by atoms with Gasteiger partial charge in [0.1, 0.15) is 0 Å². The molecule has 0 unspecified atom stereocenters. The van der Waals surface area contributed by atoms with E-state index in [4.69, 9.17) is 0 Å². The Morgan fingerprint density at radius 3 is 2.10 bits per heavy atom. The highest BCUT2D eigenvalue weighted by molar-refractivity contribution is 7.89. The highest BCUT2D eigenvalue weighted by Gasteiger charge is 2.24. The van der Waals surface area contributed by atoms with Crippen molar-refractivity contribution in [1.82, 2.24) is 14.1 Å². The SMILES string of the molecule is CCN1CCN(C(=O)c2ccc(CN(CC)S(=O)(=O)c3ccccc3)cc2)CC1. The molecule has 1 heterocycles. The fourth-order valence-electron chi connectivity index (χ4n) is 3.51. The number of piperazine rings is 1. The minimum absolute atomic E-state index is 0.0385. The molecule has 1 amide bonds. The van der Waals surface area contributed by atoms with Crippen LogP contribution >= 0.6 is 0 Å². The number of nitrogens with zero attached hydrogens (tertiary/aromatic N) is 3. The second kappa shape index (κ2) is 9.52. The molecule has 6 nitrogen and oxygen atoms in total. The molecule has 3 rings (SSSR count). The third-order valence-electron chi connectivity index (χ3n) is 5.40. The molecule has 1 aliphatic heterocycles. The number of carbonyl (C=O) groups is 1. The van der Waals surface area contributed by atoms with E-state index in [1.54, 1.807) is 42.5 Å². The van der Waals surface area contributed by atoms with Crippen molar-refractivity contribution in [2.45, 2.75) is 25.3 Å². The largest absolute Gasteiger partial charge is 0.336 e. The minimum atomic E-state index is -3.55. The average Bonchev–Trinajstić information content (AvgIpc) is 2.78. The first-order valence-electron chi connectivity index (χ1n) is 10.1. The number of likely N-dealkylation sites (N-methyl/N-ethyl adjacent to an activating group) is 1. The first-order valence-corrected chi connectivity index (χ1v) is 11.6. The number of sulfonamides is 1. The van der Waals surface area contributed by atoms with Crippen LogP contribution in [0.15, 0.2) is 59.5 Å². The zero-order valence-electron chi connectivity index (χ0n) is 17.1. The Morgan fingerprint density at radius 1 is 0.931 bits per heavy atom. The molecule has 0 radical (unpaired) electrons. The monoisotopic (exact) mass is 415 g/mol. The Hall–Kier alpha value is -2.22. The third kappa shape index (κ3) is 5.04. The fraction of sp³-hybridized carbons (Fsp3) is 0.409. The number of rotatable bonds is 7. The van der Waals surface area contributed by atoms with Crippen molar-refractivity contribution in [3.8, 4) is 0 Å². The Kier molecular flexibility index (Phi) is 7.05. The molecule has 0 spiro atoms. The fourth-order valence-corrected chi connectivity index (χ4v) is 4.97. The van der Waals surface area contributed by atoms with E-state index < -0.39 is 10.0 Å². The third-order valence-corrected chi connectivity index (χ3v) is 7.34. The lowest BCUT2D eigenvalue weighted by Gasteiger charge is -2.34. The van der Waals surface area contributed by atoms with Crippen LogP contribution in [0, 0.1) is 0 Å². The molecule has 2 aromatic rings. The van der Waals surface area contributed by atoms with E-state index in [1.807, 2.05) is 24.0 Å². The van der Waals surface area contributed by atoms with E-state index >= 15 is 0 Å². The summed E-state index contributed by atoms with van der Waals surface area (Å²) in [6.07, 6.45) is 0. The number of amides is 1. The zero-order chi connectivity index (χ0) is 20.9. The lowest BCUT2D eigenvalue weighted by molar-refractivity contribution is 0.0643. The molecule has 1 aliphatic rings. The predicted octanol–water partition coefficient (Wildman–Crippen LogP) is 2.68. The van der Waals surface area contributed by atoms with Gasteiger partial charge in [-0.3, -0.25) is 4.79 Å². The smallest absolute Gasteiger partial charge is 0.253 e. The molecule has 0 N–H and O–H groups in total. The van der Waals surface area contributed by atoms with Gasteiger partial charge in [-0.15, -0.1) is 0 Å². The molecule has 29 heavy (non-hydrogen) atoms. The van der Waals surface area contributed by atoms with Gasteiger partial charge in [-0.2, -0.15) is 4.31 Å². The van der Waals surface area contributed by atoms with Gasteiger partial charge in [-0.25, -0.2) is 8.42 Å². The van der Waals surface area contributed by atoms with E-state index in [0.717, 1.165) is 38.3 Å². The maximum absolute atomic E-state index is 12.9. The van der Waals surface area contributed by atoms with Gasteiger partial charge >= 0.3 is 0 Å². The van der Waals surface area contributed by atoms with Gasteiger partial charge in [0.2, 0.25) is 10.0 Å². The molecule has 1 saturated heterocycles. The van der Waals surface area contributed by atoms with Crippen molar-refractivity contribution in [2.24, 2.45) is 0 Å². The quantitative estimate of drug-likeness (QED) is 0.698. The Balaban J connectivity index is 1.67. The summed E-state index contributed by atoms with van der Waals surface area (Å²) in [5.74, 6) is 0.0385. The van der Waals surface area contributed by atoms with Crippen LogP contribution in [-0.2, 0) is 16.6 Å². The second-order valence-corrected chi connectivity index (χ2v) is 9.11. The Morgan fingerprint density at radius 2 is 1.55 bits per heavy atom. The average molecular weight is 416 g/mol. The molecular formula is C22H29N3O3S. The van der Waals surface area contributed by atoms with E-state index in [9.17, 15) is 13.2 Å². The summed E-state index contributed by atoms with van der Waals surface area (Å²) in [7, 11) is -3.55. The molecular weight excluding hydrogens is 386 g/mol. The standard InChI is InChI=1S/C22H29N3O3S/c1-3-23-14-16-24(17-15-23)22(26)20-12-10-19(11-13-20)18-25(4-2)29(27,28)21-8-6-5-7-9-21/h5-13H,3-4,14-18H2,1-2H3. The van der Waals surface area contributed by atoms with Gasteiger partial charge in [-0.05, 0) is 36.4 Å². The van der Waals surface area contributed by atoms with Gasteiger partial charge in [0.25, 0.3) is 5.91 Å². The lowest BCUT2D eigenvalue weighted by atomic mass is 10.1. The van der Waals surface area contributed by atoms with Crippen LogP contribution in [0.4, 0.5) is 0 Å². The molecule has 0 saturated carbocycles. The van der Waals surface area contributed by atoms with Crippen LogP contribution in [0.2, 0.25) is 0 Å². The minimum Gasteiger partial charge on any atom is -0.336 e. The number of carbonyl (C=O) groups excluding carboxylic acids is 1. The molecule has 0 atom stereocenters. The van der Waals surface area contributed by atoms with Crippen LogP contribution in [0.3, 0.4) is 0 Å². The van der Waals surface area contributed by atoms with Crippen molar-refractivity contribution >= 4 is 15.9 Å². The highest BCUT2D eigenvalue weighted by atomic mass is 32.2. The normalized spacial score (nSPS) is 15.6. The number of benzene rings is 2. The van der Waals surface area contributed by atoms with E-state index in [-0.39, 0.29) is 12.5 Å². The summed E-state index contributed by atoms with van der Waals surface area (Å²) >= 11 is 0. The summed E-state index contributed by atoms with van der Waals surface area (Å²) in [4.78, 5) is 17.2. The Labute approximate surface area is 173 Å². The van der Waals surface area contributed by atoms with Gasteiger partial charge in [0.15, 0.2) is 0 Å². The first-order chi connectivity index (χ1) is 14.0.